The Bertz CT molecular complexity index is 464. The first-order valence-corrected chi connectivity index (χ1v) is 7.05. The number of aromatic nitrogens is 2. The fourth-order valence-electron chi connectivity index (χ4n) is 2.82. The second-order valence-electron chi connectivity index (χ2n) is 5.66. The van der Waals surface area contributed by atoms with Gasteiger partial charge in [-0.2, -0.15) is 5.10 Å². The first-order chi connectivity index (χ1) is 9.56. The molecule has 7 heteroatoms. The quantitative estimate of drug-likeness (QED) is 0.847. The van der Waals surface area contributed by atoms with Crippen molar-refractivity contribution in [2.75, 3.05) is 33.4 Å². The zero-order valence-electron chi connectivity index (χ0n) is 12.9. The summed E-state index contributed by atoms with van der Waals surface area (Å²) < 4.78 is 6.98. The number of nitrogens with one attached hydrogen (secondary N) is 2. The maximum absolute atomic E-state index is 12.2. The van der Waals surface area contributed by atoms with Gasteiger partial charge in [-0.1, -0.05) is 0 Å². The van der Waals surface area contributed by atoms with Crippen molar-refractivity contribution in [3.05, 3.63) is 17.5 Å². The van der Waals surface area contributed by atoms with Gasteiger partial charge in [-0.25, -0.2) is 0 Å². The van der Waals surface area contributed by atoms with E-state index in [0.717, 1.165) is 31.6 Å². The lowest BCUT2D eigenvalue weighted by Gasteiger charge is -2.37. The minimum atomic E-state index is -0.0675. The summed E-state index contributed by atoms with van der Waals surface area (Å²) in [6.07, 6.45) is 2.04. The molecule has 0 spiro atoms. The van der Waals surface area contributed by atoms with E-state index in [9.17, 15) is 4.79 Å². The zero-order valence-corrected chi connectivity index (χ0v) is 13.8. The third-order valence-electron chi connectivity index (χ3n) is 3.97. The molecule has 2 heterocycles. The Hall–Kier alpha value is -1.11. The maximum atomic E-state index is 12.2. The van der Waals surface area contributed by atoms with Gasteiger partial charge in [-0.15, -0.1) is 12.4 Å². The van der Waals surface area contributed by atoms with E-state index < -0.39 is 0 Å². The van der Waals surface area contributed by atoms with Crippen molar-refractivity contribution in [1.29, 1.82) is 0 Å². The normalized spacial score (nSPS) is 17.1. The number of methoxy groups -OCH3 is 1. The summed E-state index contributed by atoms with van der Waals surface area (Å²) in [6, 6.07) is 1.81. The van der Waals surface area contributed by atoms with Gasteiger partial charge >= 0.3 is 0 Å². The van der Waals surface area contributed by atoms with Crippen molar-refractivity contribution >= 4 is 18.3 Å². The van der Waals surface area contributed by atoms with E-state index in [1.807, 2.05) is 6.92 Å². The predicted octanol–water partition coefficient (Wildman–Crippen LogP) is 0.896. The van der Waals surface area contributed by atoms with Gasteiger partial charge < -0.3 is 15.4 Å². The van der Waals surface area contributed by atoms with Crippen LogP contribution in [-0.2, 0) is 11.8 Å². The molecule has 0 unspecified atom stereocenters. The number of halogens is 1. The fraction of sp³-hybridized carbons (Fsp3) is 0.714. The molecule has 1 aliphatic rings. The smallest absolute Gasteiger partial charge is 0.269 e. The molecule has 1 aliphatic heterocycles. The standard InChI is InChI=1S/C14H24N4O2.ClH/c1-11-8-12(18(2)17-11)13(19)16-9-14(10-20-3)4-6-15-7-5-14;/h8,15H,4-7,9-10H2,1-3H3,(H,16,19);1H. The van der Waals surface area contributed by atoms with E-state index in [1.165, 1.54) is 0 Å². The molecule has 0 aliphatic carbocycles. The summed E-state index contributed by atoms with van der Waals surface area (Å²) >= 11 is 0. The Morgan fingerprint density at radius 3 is 2.71 bits per heavy atom. The molecule has 0 radical (unpaired) electrons. The molecular formula is C14H25ClN4O2. The summed E-state index contributed by atoms with van der Waals surface area (Å²) in [5.41, 5.74) is 1.50. The molecule has 2 N–H and O–H groups in total. The number of nitrogens with zero attached hydrogens (tertiary/aromatic N) is 2. The average molecular weight is 317 g/mol. The van der Waals surface area contributed by atoms with Crippen molar-refractivity contribution in [2.24, 2.45) is 12.5 Å². The lowest BCUT2D eigenvalue weighted by atomic mass is 9.79. The van der Waals surface area contributed by atoms with Crippen LogP contribution in [0.3, 0.4) is 0 Å². The van der Waals surface area contributed by atoms with E-state index >= 15 is 0 Å². The van der Waals surface area contributed by atoms with Crippen molar-refractivity contribution in [1.82, 2.24) is 20.4 Å². The van der Waals surface area contributed by atoms with Crippen LogP contribution >= 0.6 is 12.4 Å². The van der Waals surface area contributed by atoms with Crippen molar-refractivity contribution in [3.63, 3.8) is 0 Å². The Morgan fingerprint density at radius 1 is 1.52 bits per heavy atom. The van der Waals surface area contributed by atoms with E-state index in [4.69, 9.17) is 4.74 Å². The summed E-state index contributed by atoms with van der Waals surface area (Å²) in [5, 5.41) is 10.6. The molecule has 6 nitrogen and oxygen atoms in total. The van der Waals surface area contributed by atoms with Gasteiger partial charge in [0.1, 0.15) is 5.69 Å². The number of hydrogen-bond donors (Lipinski definition) is 2. The number of amides is 1. The summed E-state index contributed by atoms with van der Waals surface area (Å²) in [5.74, 6) is -0.0675. The van der Waals surface area contributed by atoms with Crippen LogP contribution in [0, 0.1) is 12.3 Å². The first kappa shape index (κ1) is 17.9. The topological polar surface area (TPSA) is 68.2 Å². The molecule has 21 heavy (non-hydrogen) atoms. The van der Waals surface area contributed by atoms with Crippen molar-refractivity contribution < 1.29 is 9.53 Å². The molecule has 120 valence electrons. The molecule has 0 atom stereocenters. The van der Waals surface area contributed by atoms with Gasteiger partial charge in [-0.3, -0.25) is 9.48 Å². The van der Waals surface area contributed by atoms with Gasteiger partial charge in [0, 0.05) is 26.1 Å². The van der Waals surface area contributed by atoms with Gasteiger partial charge in [0.15, 0.2) is 0 Å². The van der Waals surface area contributed by atoms with Gasteiger partial charge in [-0.05, 0) is 38.9 Å². The Labute approximate surface area is 132 Å². The summed E-state index contributed by atoms with van der Waals surface area (Å²) in [7, 11) is 3.51. The Morgan fingerprint density at radius 2 is 2.19 bits per heavy atom. The molecule has 0 bridgehead atoms. The Kier molecular flexibility index (Phi) is 6.64. The van der Waals surface area contributed by atoms with Crippen LogP contribution < -0.4 is 10.6 Å². The molecular weight excluding hydrogens is 292 g/mol. The van der Waals surface area contributed by atoms with Crippen LogP contribution in [0.4, 0.5) is 0 Å². The third-order valence-corrected chi connectivity index (χ3v) is 3.97. The molecule has 0 aromatic carbocycles. The van der Waals surface area contributed by atoms with Gasteiger partial charge in [0.05, 0.1) is 12.3 Å². The average Bonchev–Trinajstić information content (AvgIpc) is 2.77. The number of rotatable bonds is 5. The van der Waals surface area contributed by atoms with Gasteiger partial charge in [0.2, 0.25) is 0 Å². The first-order valence-electron chi connectivity index (χ1n) is 7.05. The number of hydrogen-bond acceptors (Lipinski definition) is 4. The van der Waals surface area contributed by atoms with E-state index in [0.29, 0.717) is 18.8 Å². The van der Waals surface area contributed by atoms with Crippen LogP contribution in [-0.4, -0.2) is 49.0 Å². The zero-order chi connectivity index (χ0) is 14.6. The molecule has 1 amide bonds. The number of ether oxygens (including phenoxy) is 1. The van der Waals surface area contributed by atoms with Crippen LogP contribution in [0.15, 0.2) is 6.07 Å². The number of carbonyl (C=O) groups is 1. The minimum absolute atomic E-state index is 0. The van der Waals surface area contributed by atoms with Crippen molar-refractivity contribution in [3.8, 4) is 0 Å². The van der Waals surface area contributed by atoms with Gasteiger partial charge in [0.25, 0.3) is 5.91 Å². The molecule has 2 rings (SSSR count). The van der Waals surface area contributed by atoms with Crippen LogP contribution in [0.5, 0.6) is 0 Å². The molecule has 1 fully saturated rings. The molecule has 1 aromatic heterocycles. The van der Waals surface area contributed by atoms with Crippen LogP contribution in [0.2, 0.25) is 0 Å². The highest BCUT2D eigenvalue weighted by molar-refractivity contribution is 5.92. The van der Waals surface area contributed by atoms with Crippen molar-refractivity contribution in [2.45, 2.75) is 19.8 Å². The maximum Gasteiger partial charge on any atom is 0.269 e. The molecule has 1 aromatic rings. The number of carbonyl (C=O) groups excluding carboxylic acids is 1. The highest BCUT2D eigenvalue weighted by Gasteiger charge is 2.32. The minimum Gasteiger partial charge on any atom is -0.384 e. The second kappa shape index (κ2) is 7.77. The lowest BCUT2D eigenvalue weighted by Crippen LogP contribution is -2.47. The largest absolute Gasteiger partial charge is 0.384 e. The molecule has 0 saturated carbocycles. The highest BCUT2D eigenvalue weighted by atomic mass is 35.5. The summed E-state index contributed by atoms with van der Waals surface area (Å²) in [4.78, 5) is 12.2. The number of aryl methyl sites for hydroxylation is 2. The number of piperidine rings is 1. The summed E-state index contributed by atoms with van der Waals surface area (Å²) in [6.45, 7) is 5.16. The SMILES string of the molecule is COCC1(CNC(=O)c2cc(C)nn2C)CCNCC1.Cl. The predicted molar refractivity (Wildman–Crippen MR) is 83.9 cm³/mol. The molecule has 1 saturated heterocycles. The van der Waals surface area contributed by atoms with Crippen LogP contribution in [0.1, 0.15) is 29.0 Å². The highest BCUT2D eigenvalue weighted by Crippen LogP contribution is 2.28. The Balaban J connectivity index is 0.00000220. The van der Waals surface area contributed by atoms with E-state index in [1.54, 1.807) is 24.9 Å². The van der Waals surface area contributed by atoms with Crippen LogP contribution in [0.25, 0.3) is 0 Å². The van der Waals surface area contributed by atoms with E-state index in [2.05, 4.69) is 15.7 Å². The monoisotopic (exact) mass is 316 g/mol. The third kappa shape index (κ3) is 4.43. The lowest BCUT2D eigenvalue weighted by molar-refractivity contribution is 0.0510. The van der Waals surface area contributed by atoms with E-state index in [-0.39, 0.29) is 23.7 Å². The fourth-order valence-corrected chi connectivity index (χ4v) is 2.82. The second-order valence-corrected chi connectivity index (χ2v) is 5.66.